The topological polar surface area (TPSA) is 111 Å². The second-order valence-corrected chi connectivity index (χ2v) is 7.34. The van der Waals surface area contributed by atoms with Crippen LogP contribution in [-0.4, -0.2) is 30.5 Å². The van der Waals surface area contributed by atoms with Crippen LogP contribution in [0.5, 0.6) is 0 Å². The zero-order chi connectivity index (χ0) is 23.9. The van der Waals surface area contributed by atoms with E-state index in [2.05, 4.69) is 25.4 Å². The van der Waals surface area contributed by atoms with Gasteiger partial charge in [-0.25, -0.2) is 18.9 Å². The molecule has 0 saturated heterocycles. The summed E-state index contributed by atoms with van der Waals surface area (Å²) >= 11 is 0. The lowest BCUT2D eigenvalue weighted by molar-refractivity contribution is -0.137. The number of hydrogen-bond acceptors (Lipinski definition) is 6. The van der Waals surface area contributed by atoms with Gasteiger partial charge in [0.1, 0.15) is 11.5 Å². The van der Waals surface area contributed by atoms with Gasteiger partial charge in [0.2, 0.25) is 5.95 Å². The first-order chi connectivity index (χ1) is 15.5. The second kappa shape index (κ2) is 8.11. The van der Waals surface area contributed by atoms with E-state index in [0.717, 1.165) is 6.07 Å². The molecule has 0 aliphatic rings. The number of nitrogens with two attached hydrogens (primary N) is 1. The zero-order valence-corrected chi connectivity index (χ0v) is 17.4. The third kappa shape index (κ3) is 4.45. The van der Waals surface area contributed by atoms with Gasteiger partial charge >= 0.3 is 6.18 Å². The fourth-order valence-corrected chi connectivity index (χ4v) is 3.24. The van der Waals surface area contributed by atoms with E-state index in [1.165, 1.54) is 17.6 Å². The quantitative estimate of drug-likeness (QED) is 0.450. The number of benzene rings is 1. The standard InChI is InChI=1S/C21H17F4N7O/c1-10-9-27-18(12-5-6-32-16(7-12)29-20(26)31-32)30-17(10)19(33)28-11(2)14-8-13(21(23,24)25)3-4-15(14)22/h3-9,11H,1-2H3,(H2,26,31)(H,28,33)/t11-/m1/s1. The van der Waals surface area contributed by atoms with Gasteiger partial charge in [0, 0.05) is 23.5 Å². The van der Waals surface area contributed by atoms with E-state index in [9.17, 15) is 22.4 Å². The molecule has 0 unspecified atom stereocenters. The van der Waals surface area contributed by atoms with Gasteiger partial charge in [0.25, 0.3) is 5.91 Å². The minimum atomic E-state index is -4.64. The maximum Gasteiger partial charge on any atom is 0.416 e. The van der Waals surface area contributed by atoms with Crippen LogP contribution in [0.15, 0.2) is 42.7 Å². The zero-order valence-electron chi connectivity index (χ0n) is 17.4. The number of aromatic nitrogens is 5. The normalized spacial score (nSPS) is 12.7. The van der Waals surface area contributed by atoms with Gasteiger partial charge in [0.05, 0.1) is 11.6 Å². The molecule has 1 aromatic carbocycles. The first-order valence-corrected chi connectivity index (χ1v) is 9.66. The summed E-state index contributed by atoms with van der Waals surface area (Å²) in [6.45, 7) is 2.99. The SMILES string of the molecule is Cc1cnc(-c2ccn3nc(N)nc3c2)nc1C(=O)N[C@H](C)c1cc(C(F)(F)F)ccc1F. The Morgan fingerprint density at radius 1 is 1.18 bits per heavy atom. The summed E-state index contributed by atoms with van der Waals surface area (Å²) in [5, 5.41) is 6.48. The first-order valence-electron chi connectivity index (χ1n) is 9.66. The first kappa shape index (κ1) is 22.1. The van der Waals surface area contributed by atoms with E-state index in [0.29, 0.717) is 28.9 Å². The molecule has 0 aliphatic carbocycles. The number of nitrogens with one attached hydrogen (secondary N) is 1. The summed E-state index contributed by atoms with van der Waals surface area (Å²) in [5.41, 5.74) is 5.71. The predicted molar refractivity (Wildman–Crippen MR) is 110 cm³/mol. The van der Waals surface area contributed by atoms with Crippen LogP contribution in [0, 0.1) is 12.7 Å². The van der Waals surface area contributed by atoms with Crippen LogP contribution in [0.2, 0.25) is 0 Å². The number of fused-ring (bicyclic) bond motifs is 1. The molecule has 4 aromatic rings. The minimum absolute atomic E-state index is 0.0000818. The van der Waals surface area contributed by atoms with E-state index in [4.69, 9.17) is 5.73 Å². The molecule has 0 fully saturated rings. The number of anilines is 1. The molecule has 0 bridgehead atoms. The highest BCUT2D eigenvalue weighted by Gasteiger charge is 2.32. The van der Waals surface area contributed by atoms with Crippen LogP contribution < -0.4 is 11.1 Å². The van der Waals surface area contributed by atoms with Crippen LogP contribution in [-0.2, 0) is 6.18 Å². The minimum Gasteiger partial charge on any atom is -0.366 e. The molecule has 12 heteroatoms. The van der Waals surface area contributed by atoms with Gasteiger partial charge in [0.15, 0.2) is 11.5 Å². The fraction of sp³-hybridized carbons (Fsp3) is 0.190. The molecule has 1 atom stereocenters. The summed E-state index contributed by atoms with van der Waals surface area (Å²) in [4.78, 5) is 25.4. The number of nitrogens with zero attached hydrogens (tertiary/aromatic N) is 5. The van der Waals surface area contributed by atoms with Crippen molar-refractivity contribution in [1.29, 1.82) is 0 Å². The molecule has 0 radical (unpaired) electrons. The number of aryl methyl sites for hydroxylation is 1. The third-order valence-electron chi connectivity index (χ3n) is 4.94. The number of alkyl halides is 3. The van der Waals surface area contributed by atoms with Gasteiger partial charge < -0.3 is 11.1 Å². The van der Waals surface area contributed by atoms with Gasteiger partial charge in [-0.2, -0.15) is 18.2 Å². The molecular formula is C21H17F4N7O. The van der Waals surface area contributed by atoms with Crippen LogP contribution in [0.3, 0.4) is 0 Å². The molecule has 0 saturated carbocycles. The highest BCUT2D eigenvalue weighted by molar-refractivity contribution is 5.94. The molecule has 1 amide bonds. The van der Waals surface area contributed by atoms with Crippen LogP contribution in [0.4, 0.5) is 23.5 Å². The second-order valence-electron chi connectivity index (χ2n) is 7.34. The van der Waals surface area contributed by atoms with Gasteiger partial charge in [-0.05, 0) is 49.7 Å². The molecule has 3 aromatic heterocycles. The smallest absolute Gasteiger partial charge is 0.366 e. The van der Waals surface area contributed by atoms with Crippen LogP contribution in [0.25, 0.3) is 17.0 Å². The van der Waals surface area contributed by atoms with Crippen molar-refractivity contribution >= 4 is 17.5 Å². The Labute approximate surface area is 184 Å². The number of nitrogen functional groups attached to an aromatic ring is 1. The average Bonchev–Trinajstić information content (AvgIpc) is 3.12. The Bertz CT molecular complexity index is 1370. The largest absolute Gasteiger partial charge is 0.416 e. The summed E-state index contributed by atoms with van der Waals surface area (Å²) in [7, 11) is 0. The summed E-state index contributed by atoms with van der Waals surface area (Å²) in [6.07, 6.45) is -1.59. The molecule has 8 nitrogen and oxygen atoms in total. The van der Waals surface area contributed by atoms with Crippen molar-refractivity contribution in [3.63, 3.8) is 0 Å². The lowest BCUT2D eigenvalue weighted by Crippen LogP contribution is -2.29. The molecule has 33 heavy (non-hydrogen) atoms. The fourth-order valence-electron chi connectivity index (χ4n) is 3.24. The predicted octanol–water partition coefficient (Wildman–Crippen LogP) is 3.73. The summed E-state index contributed by atoms with van der Waals surface area (Å²) < 4.78 is 54.7. The molecule has 0 spiro atoms. The number of amides is 1. The number of carbonyl (C=O) groups is 1. The lowest BCUT2D eigenvalue weighted by atomic mass is 10.0. The number of carbonyl (C=O) groups excluding carboxylic acids is 1. The van der Waals surface area contributed by atoms with Gasteiger partial charge in [-0.15, -0.1) is 5.10 Å². The number of pyridine rings is 1. The molecule has 170 valence electrons. The number of halogens is 4. The maximum absolute atomic E-state index is 14.2. The van der Waals surface area contributed by atoms with Crippen molar-refractivity contribution in [2.24, 2.45) is 0 Å². The van der Waals surface area contributed by atoms with E-state index in [1.54, 1.807) is 25.3 Å². The molecule has 0 aliphatic heterocycles. The highest BCUT2D eigenvalue weighted by atomic mass is 19.4. The average molecular weight is 459 g/mol. The van der Waals surface area contributed by atoms with E-state index in [-0.39, 0.29) is 23.0 Å². The van der Waals surface area contributed by atoms with Crippen molar-refractivity contribution < 1.29 is 22.4 Å². The van der Waals surface area contributed by atoms with E-state index in [1.807, 2.05) is 0 Å². The third-order valence-corrected chi connectivity index (χ3v) is 4.94. The van der Waals surface area contributed by atoms with Crippen LogP contribution in [0.1, 0.15) is 40.1 Å². The van der Waals surface area contributed by atoms with E-state index < -0.39 is 29.5 Å². The number of rotatable bonds is 4. The molecule has 3 heterocycles. The Hall–Kier alpha value is -4.09. The Kier molecular flexibility index (Phi) is 5.44. The molecule has 4 rings (SSSR count). The maximum atomic E-state index is 14.2. The summed E-state index contributed by atoms with van der Waals surface area (Å²) in [6, 6.07) is 4.30. The van der Waals surface area contributed by atoms with E-state index >= 15 is 0 Å². The summed E-state index contributed by atoms with van der Waals surface area (Å²) in [5.74, 6) is -1.24. The Balaban J connectivity index is 1.62. The monoisotopic (exact) mass is 459 g/mol. The lowest BCUT2D eigenvalue weighted by Gasteiger charge is -2.17. The number of hydrogen-bond donors (Lipinski definition) is 2. The van der Waals surface area contributed by atoms with Gasteiger partial charge in [-0.1, -0.05) is 0 Å². The van der Waals surface area contributed by atoms with Crippen molar-refractivity contribution in [3.05, 3.63) is 70.9 Å². The van der Waals surface area contributed by atoms with Crippen molar-refractivity contribution in [2.75, 3.05) is 5.73 Å². The molecule has 3 N–H and O–H groups in total. The van der Waals surface area contributed by atoms with Crippen molar-refractivity contribution in [3.8, 4) is 11.4 Å². The van der Waals surface area contributed by atoms with Crippen molar-refractivity contribution in [2.45, 2.75) is 26.1 Å². The van der Waals surface area contributed by atoms with Crippen molar-refractivity contribution in [1.82, 2.24) is 29.9 Å². The van der Waals surface area contributed by atoms with Gasteiger partial charge in [-0.3, -0.25) is 4.79 Å². The highest BCUT2D eigenvalue weighted by Crippen LogP contribution is 2.32. The Morgan fingerprint density at radius 2 is 1.94 bits per heavy atom. The molecular weight excluding hydrogens is 442 g/mol. The van der Waals surface area contributed by atoms with Crippen LogP contribution >= 0.6 is 0 Å². The Morgan fingerprint density at radius 3 is 2.67 bits per heavy atom.